The van der Waals surface area contributed by atoms with Crippen molar-refractivity contribution in [2.45, 2.75) is 51.5 Å². The fourth-order valence-electron chi connectivity index (χ4n) is 3.00. The van der Waals surface area contributed by atoms with Crippen molar-refractivity contribution in [1.29, 1.82) is 0 Å². The van der Waals surface area contributed by atoms with E-state index in [1.54, 1.807) is 6.92 Å². The summed E-state index contributed by atoms with van der Waals surface area (Å²) in [5.41, 5.74) is -0.269. The van der Waals surface area contributed by atoms with E-state index in [0.717, 1.165) is 25.7 Å². The molecule has 0 radical (unpaired) electrons. The summed E-state index contributed by atoms with van der Waals surface area (Å²) in [5, 5.41) is 14.3. The van der Waals surface area contributed by atoms with Crippen molar-refractivity contribution < 1.29 is 19.2 Å². The molecule has 0 aromatic heterocycles. The highest BCUT2D eigenvalue weighted by atomic mass is 16.6. The lowest BCUT2D eigenvalue weighted by Crippen LogP contribution is -2.34. The zero-order valence-corrected chi connectivity index (χ0v) is 14.2. The van der Waals surface area contributed by atoms with Gasteiger partial charge in [0.25, 0.3) is 11.6 Å². The number of ether oxygens (including phenoxy) is 2. The molecule has 1 aromatic carbocycles. The van der Waals surface area contributed by atoms with E-state index in [-0.39, 0.29) is 23.0 Å². The van der Waals surface area contributed by atoms with Crippen molar-refractivity contribution in [2.24, 2.45) is 0 Å². The molecule has 132 valence electrons. The maximum Gasteiger partial charge on any atom is 0.286 e. The second-order valence-electron chi connectivity index (χ2n) is 5.87. The smallest absolute Gasteiger partial charge is 0.286 e. The van der Waals surface area contributed by atoms with Gasteiger partial charge in [-0.3, -0.25) is 14.9 Å². The molecule has 1 fully saturated rings. The number of hydrogen-bond donors (Lipinski definition) is 1. The van der Waals surface area contributed by atoms with Crippen LogP contribution >= 0.6 is 0 Å². The number of rotatable bonds is 6. The maximum absolute atomic E-state index is 12.6. The summed E-state index contributed by atoms with van der Waals surface area (Å²) >= 11 is 0. The molecule has 7 nitrogen and oxygen atoms in total. The first kappa shape index (κ1) is 18.0. The Hall–Kier alpha value is -2.31. The van der Waals surface area contributed by atoms with Gasteiger partial charge < -0.3 is 14.8 Å². The fraction of sp³-hybridized carbons (Fsp3) is 0.588. The molecule has 0 unspecified atom stereocenters. The molecule has 0 spiro atoms. The molecule has 1 saturated carbocycles. The number of nitro benzene ring substituents is 1. The molecule has 0 bridgehead atoms. The Bertz CT molecular complexity index is 595. The highest BCUT2D eigenvalue weighted by Crippen LogP contribution is 2.35. The minimum atomic E-state index is -0.566. The Morgan fingerprint density at radius 1 is 1.25 bits per heavy atom. The van der Waals surface area contributed by atoms with Gasteiger partial charge in [-0.15, -0.1) is 0 Å². The van der Waals surface area contributed by atoms with Gasteiger partial charge in [0.1, 0.15) is 5.56 Å². The van der Waals surface area contributed by atoms with Gasteiger partial charge in [0.15, 0.2) is 11.5 Å². The van der Waals surface area contributed by atoms with Gasteiger partial charge in [0.05, 0.1) is 24.7 Å². The lowest BCUT2D eigenvalue weighted by atomic mass is 10.1. The Morgan fingerprint density at radius 2 is 1.92 bits per heavy atom. The molecule has 0 atom stereocenters. The van der Waals surface area contributed by atoms with Crippen LogP contribution in [0.25, 0.3) is 0 Å². The Kier molecular flexibility index (Phi) is 6.40. The van der Waals surface area contributed by atoms with E-state index >= 15 is 0 Å². The van der Waals surface area contributed by atoms with Crippen molar-refractivity contribution in [3.8, 4) is 11.5 Å². The molecule has 7 heteroatoms. The summed E-state index contributed by atoms with van der Waals surface area (Å²) in [5.74, 6) is 0.140. The van der Waals surface area contributed by atoms with Crippen molar-refractivity contribution in [3.05, 3.63) is 27.8 Å². The van der Waals surface area contributed by atoms with E-state index in [1.165, 1.54) is 32.1 Å². The van der Waals surface area contributed by atoms with Gasteiger partial charge in [-0.2, -0.15) is 0 Å². The van der Waals surface area contributed by atoms with Gasteiger partial charge in [-0.1, -0.05) is 25.7 Å². The third kappa shape index (κ3) is 4.37. The van der Waals surface area contributed by atoms with Gasteiger partial charge in [-0.05, 0) is 19.8 Å². The minimum Gasteiger partial charge on any atom is -0.493 e. The molecule has 1 amide bonds. The van der Waals surface area contributed by atoms with Gasteiger partial charge in [0.2, 0.25) is 0 Å². The van der Waals surface area contributed by atoms with Crippen LogP contribution in [0.4, 0.5) is 5.69 Å². The van der Waals surface area contributed by atoms with Crippen molar-refractivity contribution in [2.75, 3.05) is 13.7 Å². The van der Waals surface area contributed by atoms with Gasteiger partial charge in [0, 0.05) is 12.1 Å². The maximum atomic E-state index is 12.6. The number of nitrogens with one attached hydrogen (secondary N) is 1. The van der Waals surface area contributed by atoms with Crippen LogP contribution in [0, 0.1) is 10.1 Å². The molecule has 1 aromatic rings. The zero-order chi connectivity index (χ0) is 17.5. The summed E-state index contributed by atoms with van der Waals surface area (Å²) in [4.78, 5) is 23.4. The van der Waals surface area contributed by atoms with E-state index in [0.29, 0.717) is 12.4 Å². The zero-order valence-electron chi connectivity index (χ0n) is 14.2. The summed E-state index contributed by atoms with van der Waals surface area (Å²) in [6.07, 6.45) is 6.30. The first-order valence-electron chi connectivity index (χ1n) is 8.37. The molecule has 0 heterocycles. The first-order valence-corrected chi connectivity index (χ1v) is 8.37. The van der Waals surface area contributed by atoms with E-state index in [1.807, 2.05) is 0 Å². The number of benzene rings is 1. The van der Waals surface area contributed by atoms with Gasteiger partial charge in [-0.25, -0.2) is 0 Å². The van der Waals surface area contributed by atoms with E-state index in [9.17, 15) is 14.9 Å². The van der Waals surface area contributed by atoms with Crippen molar-refractivity contribution in [3.63, 3.8) is 0 Å². The third-order valence-corrected chi connectivity index (χ3v) is 4.21. The Labute approximate surface area is 141 Å². The summed E-state index contributed by atoms with van der Waals surface area (Å²) < 4.78 is 10.6. The summed E-state index contributed by atoms with van der Waals surface area (Å²) in [6, 6.07) is 2.71. The highest BCUT2D eigenvalue weighted by Gasteiger charge is 2.26. The molecule has 0 saturated heterocycles. The molecule has 24 heavy (non-hydrogen) atoms. The quantitative estimate of drug-likeness (QED) is 0.488. The van der Waals surface area contributed by atoms with Crippen LogP contribution in [-0.2, 0) is 0 Å². The number of carbonyl (C=O) groups excluding carboxylic acids is 1. The third-order valence-electron chi connectivity index (χ3n) is 4.21. The molecule has 1 aliphatic carbocycles. The SMILES string of the molecule is CCOc1cc([N+](=O)[O-])c(C(=O)NC2CCCCCC2)cc1OC. The lowest BCUT2D eigenvalue weighted by Gasteiger charge is -2.17. The van der Waals surface area contributed by atoms with Gasteiger partial charge >= 0.3 is 0 Å². The highest BCUT2D eigenvalue weighted by molar-refractivity contribution is 5.99. The average Bonchev–Trinajstić information content (AvgIpc) is 2.83. The number of amides is 1. The van der Waals surface area contributed by atoms with E-state index in [4.69, 9.17) is 9.47 Å². The van der Waals surface area contributed by atoms with Crippen LogP contribution in [0.1, 0.15) is 55.8 Å². The second kappa shape index (κ2) is 8.52. The molecular weight excluding hydrogens is 312 g/mol. The monoisotopic (exact) mass is 336 g/mol. The van der Waals surface area contributed by atoms with Crippen LogP contribution < -0.4 is 14.8 Å². The van der Waals surface area contributed by atoms with E-state index < -0.39 is 10.8 Å². The number of hydrogen-bond acceptors (Lipinski definition) is 5. The van der Waals surface area contributed by atoms with Crippen LogP contribution in [0.2, 0.25) is 0 Å². The average molecular weight is 336 g/mol. The fourth-order valence-corrected chi connectivity index (χ4v) is 3.00. The van der Waals surface area contributed by atoms with Crippen molar-refractivity contribution in [1.82, 2.24) is 5.32 Å². The van der Waals surface area contributed by atoms with Crippen LogP contribution in [-0.4, -0.2) is 30.6 Å². The van der Waals surface area contributed by atoms with E-state index in [2.05, 4.69) is 5.32 Å². The largest absolute Gasteiger partial charge is 0.493 e. The van der Waals surface area contributed by atoms with Crippen LogP contribution in [0.5, 0.6) is 11.5 Å². The molecule has 2 rings (SSSR count). The van der Waals surface area contributed by atoms with Crippen LogP contribution in [0.3, 0.4) is 0 Å². The molecule has 1 aliphatic rings. The normalized spacial score (nSPS) is 15.4. The van der Waals surface area contributed by atoms with Crippen LogP contribution in [0.15, 0.2) is 12.1 Å². The second-order valence-corrected chi connectivity index (χ2v) is 5.87. The Balaban J connectivity index is 2.28. The molecular formula is C17H24N2O5. The number of nitro groups is 1. The standard InChI is InChI=1S/C17H24N2O5/c1-3-24-16-11-14(19(21)22)13(10-15(16)23-2)17(20)18-12-8-6-4-5-7-9-12/h10-12H,3-9H2,1-2H3,(H,18,20). The predicted molar refractivity (Wildman–Crippen MR) is 89.8 cm³/mol. The minimum absolute atomic E-state index is 0.00421. The number of carbonyl (C=O) groups is 1. The first-order chi connectivity index (χ1) is 11.6. The lowest BCUT2D eigenvalue weighted by molar-refractivity contribution is -0.385. The summed E-state index contributed by atoms with van der Waals surface area (Å²) in [6.45, 7) is 2.12. The number of methoxy groups -OCH3 is 1. The number of nitrogens with zero attached hydrogens (tertiary/aromatic N) is 1. The van der Waals surface area contributed by atoms with Crippen molar-refractivity contribution >= 4 is 11.6 Å². The Morgan fingerprint density at radius 3 is 2.46 bits per heavy atom. The molecule has 0 aliphatic heterocycles. The summed E-state index contributed by atoms with van der Waals surface area (Å²) in [7, 11) is 1.44. The topological polar surface area (TPSA) is 90.7 Å². The predicted octanol–water partition coefficient (Wildman–Crippen LogP) is 3.45. The molecule has 1 N–H and O–H groups in total.